The molecule has 2 aliphatic rings. The van der Waals surface area contributed by atoms with Crippen molar-refractivity contribution in [2.45, 2.75) is 71.3 Å². The second kappa shape index (κ2) is 12.1. The zero-order chi connectivity index (χ0) is 27.5. The van der Waals surface area contributed by atoms with Crippen LogP contribution in [0.15, 0.2) is 42.5 Å². The fraction of sp³-hybridized carbons (Fsp3) is 0.529. The molecule has 3 aromatic rings. The van der Waals surface area contributed by atoms with Crippen LogP contribution < -0.4 is 0 Å². The summed E-state index contributed by atoms with van der Waals surface area (Å²) in [6, 6.07) is 14.8. The Morgan fingerprint density at radius 3 is 2.72 bits per heavy atom. The number of piperidine rings is 1. The van der Waals surface area contributed by atoms with Crippen molar-refractivity contribution in [3.63, 3.8) is 0 Å². The number of aromatic nitrogens is 1. The minimum absolute atomic E-state index is 0.141. The summed E-state index contributed by atoms with van der Waals surface area (Å²) >= 11 is 0. The van der Waals surface area contributed by atoms with E-state index in [0.717, 1.165) is 50.7 Å². The van der Waals surface area contributed by atoms with Crippen LogP contribution in [-0.2, 0) is 17.8 Å². The maximum absolute atomic E-state index is 14.1. The molecule has 0 radical (unpaired) electrons. The van der Waals surface area contributed by atoms with Crippen molar-refractivity contribution in [2.24, 2.45) is 11.8 Å². The highest BCUT2D eigenvalue weighted by Gasteiger charge is 2.33. The first-order chi connectivity index (χ1) is 18.9. The third-order valence-corrected chi connectivity index (χ3v) is 9.19. The fourth-order valence-corrected chi connectivity index (χ4v) is 7.22. The van der Waals surface area contributed by atoms with Crippen LogP contribution in [0.4, 0.5) is 0 Å². The summed E-state index contributed by atoms with van der Waals surface area (Å²) in [5.41, 5.74) is 6.94. The molecular weight excluding hydrogens is 482 g/mol. The van der Waals surface area contributed by atoms with Crippen molar-refractivity contribution in [2.75, 3.05) is 33.7 Å². The standard InChI is InChI=1S/C34H45N3O2/c1-5-7-12-26(6-2)32-30-16-15-24(23-38)18-31(30)37-22-28(19-27-13-8-9-14-29(27)33(32)37)34(39)36(4)21-25-11-10-17-35(3)20-25/h8-9,13-16,18,23,25-26,28H,5-7,10-12,17,19-22H2,1-4H3. The van der Waals surface area contributed by atoms with Crippen LogP contribution in [0.25, 0.3) is 22.2 Å². The molecule has 5 rings (SSSR count). The molecule has 3 heterocycles. The van der Waals surface area contributed by atoms with Gasteiger partial charge in [-0.25, -0.2) is 0 Å². The topological polar surface area (TPSA) is 45.6 Å². The van der Waals surface area contributed by atoms with Gasteiger partial charge in [0.05, 0.1) is 11.6 Å². The summed E-state index contributed by atoms with van der Waals surface area (Å²) in [5, 5.41) is 1.24. The van der Waals surface area contributed by atoms with E-state index in [4.69, 9.17) is 0 Å². The van der Waals surface area contributed by atoms with Crippen molar-refractivity contribution in [3.8, 4) is 11.3 Å². The second-order valence-corrected chi connectivity index (χ2v) is 12.1. The number of hydrogen-bond acceptors (Lipinski definition) is 3. The van der Waals surface area contributed by atoms with Gasteiger partial charge < -0.3 is 14.4 Å². The third kappa shape index (κ3) is 5.56. The molecule has 5 nitrogen and oxygen atoms in total. The molecule has 5 heteroatoms. The van der Waals surface area contributed by atoms with E-state index in [0.29, 0.717) is 23.9 Å². The van der Waals surface area contributed by atoms with Crippen molar-refractivity contribution in [3.05, 3.63) is 59.2 Å². The Kier molecular flexibility index (Phi) is 8.56. The first-order valence-electron chi connectivity index (χ1n) is 15.1. The van der Waals surface area contributed by atoms with E-state index in [-0.39, 0.29) is 11.8 Å². The average Bonchev–Trinajstić information content (AvgIpc) is 3.14. The van der Waals surface area contributed by atoms with Crippen molar-refractivity contribution < 1.29 is 9.59 Å². The van der Waals surface area contributed by atoms with Crippen LogP contribution in [0, 0.1) is 11.8 Å². The molecule has 0 N–H and O–H groups in total. The molecule has 39 heavy (non-hydrogen) atoms. The third-order valence-electron chi connectivity index (χ3n) is 9.19. The number of amides is 1. The quantitative estimate of drug-likeness (QED) is 0.288. The summed E-state index contributed by atoms with van der Waals surface area (Å²) in [5.74, 6) is 1.07. The van der Waals surface area contributed by atoms with Crippen LogP contribution in [-0.4, -0.2) is 60.3 Å². The first-order valence-corrected chi connectivity index (χ1v) is 15.1. The van der Waals surface area contributed by atoms with E-state index in [1.165, 1.54) is 53.5 Å². The molecule has 1 fully saturated rings. The minimum Gasteiger partial charge on any atom is -0.345 e. The summed E-state index contributed by atoms with van der Waals surface area (Å²) in [4.78, 5) is 30.3. The number of fused-ring (bicyclic) bond motifs is 5. The Balaban J connectivity index is 1.60. The Morgan fingerprint density at radius 2 is 1.97 bits per heavy atom. The van der Waals surface area contributed by atoms with Crippen LogP contribution in [0.5, 0.6) is 0 Å². The lowest BCUT2D eigenvalue weighted by molar-refractivity contribution is -0.135. The van der Waals surface area contributed by atoms with Gasteiger partial charge in [-0.15, -0.1) is 0 Å². The van der Waals surface area contributed by atoms with E-state index in [1.54, 1.807) is 0 Å². The highest BCUT2D eigenvalue weighted by molar-refractivity contribution is 5.96. The number of carbonyl (C=O) groups excluding carboxylic acids is 2. The average molecular weight is 528 g/mol. The molecule has 1 saturated heterocycles. The van der Waals surface area contributed by atoms with E-state index in [9.17, 15) is 9.59 Å². The predicted octanol–water partition coefficient (Wildman–Crippen LogP) is 6.78. The van der Waals surface area contributed by atoms with Crippen molar-refractivity contribution in [1.82, 2.24) is 14.4 Å². The van der Waals surface area contributed by atoms with Crippen LogP contribution >= 0.6 is 0 Å². The maximum atomic E-state index is 14.1. The molecule has 208 valence electrons. The number of hydrogen-bond donors (Lipinski definition) is 0. The summed E-state index contributed by atoms with van der Waals surface area (Å²) in [6.07, 6.45) is 8.67. The van der Waals surface area contributed by atoms with Gasteiger partial charge in [-0.05, 0) is 74.7 Å². The van der Waals surface area contributed by atoms with E-state index in [2.05, 4.69) is 60.7 Å². The van der Waals surface area contributed by atoms with Crippen LogP contribution in [0.2, 0.25) is 0 Å². The Labute approximate surface area is 234 Å². The van der Waals surface area contributed by atoms with Crippen molar-refractivity contribution in [1.29, 1.82) is 0 Å². The lowest BCUT2D eigenvalue weighted by Crippen LogP contribution is -2.42. The second-order valence-electron chi connectivity index (χ2n) is 12.1. The fourth-order valence-electron chi connectivity index (χ4n) is 7.22. The SMILES string of the molecule is CCCCC(CC)c1c2n(c3cc(C=O)ccc13)CC(C(=O)N(C)CC1CCCN(C)C1)Cc1ccccc1-2. The van der Waals surface area contributed by atoms with Gasteiger partial charge in [0.2, 0.25) is 5.91 Å². The van der Waals surface area contributed by atoms with E-state index >= 15 is 0 Å². The number of aldehydes is 1. The van der Waals surface area contributed by atoms with Gasteiger partial charge in [0.25, 0.3) is 0 Å². The Morgan fingerprint density at radius 1 is 1.15 bits per heavy atom. The van der Waals surface area contributed by atoms with Gasteiger partial charge >= 0.3 is 0 Å². The minimum atomic E-state index is -0.141. The van der Waals surface area contributed by atoms with Crippen LogP contribution in [0.3, 0.4) is 0 Å². The summed E-state index contributed by atoms with van der Waals surface area (Å²) < 4.78 is 2.39. The molecule has 0 aliphatic carbocycles. The molecule has 2 aromatic carbocycles. The number of rotatable bonds is 9. The molecule has 2 aliphatic heterocycles. The molecule has 3 atom stereocenters. The Hall–Kier alpha value is -2.92. The number of unbranched alkanes of at least 4 members (excludes halogenated alkanes) is 1. The first kappa shape index (κ1) is 27.6. The Bertz CT molecular complexity index is 1330. The highest BCUT2D eigenvalue weighted by Crippen LogP contribution is 2.45. The van der Waals surface area contributed by atoms with Gasteiger partial charge in [0.1, 0.15) is 6.29 Å². The smallest absolute Gasteiger partial charge is 0.227 e. The van der Waals surface area contributed by atoms with E-state index < -0.39 is 0 Å². The normalized spacial score (nSPS) is 20.2. The van der Waals surface area contributed by atoms with Crippen molar-refractivity contribution >= 4 is 23.1 Å². The maximum Gasteiger partial charge on any atom is 0.227 e. The summed E-state index contributed by atoms with van der Waals surface area (Å²) in [6.45, 7) is 8.22. The highest BCUT2D eigenvalue weighted by atomic mass is 16.2. The number of carbonyl (C=O) groups is 2. The largest absolute Gasteiger partial charge is 0.345 e. The van der Waals surface area contributed by atoms with Gasteiger partial charge in [-0.2, -0.15) is 0 Å². The lowest BCUT2D eigenvalue weighted by atomic mass is 9.86. The molecular formula is C34H45N3O2. The lowest BCUT2D eigenvalue weighted by Gasteiger charge is -2.33. The van der Waals surface area contributed by atoms with Gasteiger partial charge in [-0.1, -0.05) is 63.1 Å². The monoisotopic (exact) mass is 527 g/mol. The molecule has 0 spiro atoms. The zero-order valence-electron chi connectivity index (χ0n) is 24.3. The molecule has 3 unspecified atom stereocenters. The predicted molar refractivity (Wildman–Crippen MR) is 160 cm³/mol. The molecule has 1 amide bonds. The molecule has 0 bridgehead atoms. The zero-order valence-corrected chi connectivity index (χ0v) is 24.3. The number of nitrogens with zero attached hydrogens (tertiary/aromatic N) is 3. The van der Waals surface area contributed by atoms with Gasteiger partial charge in [-0.3, -0.25) is 9.59 Å². The van der Waals surface area contributed by atoms with Crippen LogP contribution in [0.1, 0.15) is 79.8 Å². The van der Waals surface area contributed by atoms with Gasteiger partial charge in [0.15, 0.2) is 0 Å². The van der Waals surface area contributed by atoms with Gasteiger partial charge in [0, 0.05) is 48.7 Å². The number of likely N-dealkylation sites (tertiary alicyclic amines) is 1. The molecule has 1 aromatic heterocycles. The summed E-state index contributed by atoms with van der Waals surface area (Å²) in [7, 11) is 4.18. The van der Waals surface area contributed by atoms with E-state index in [1.807, 2.05) is 24.1 Å². The number of benzene rings is 2. The molecule has 0 saturated carbocycles.